The molecule has 1 heterocycles. The predicted molar refractivity (Wildman–Crippen MR) is 154 cm³/mol. The van der Waals surface area contributed by atoms with Crippen molar-refractivity contribution in [1.82, 2.24) is 16.1 Å². The smallest absolute Gasteiger partial charge is 0.375 e. The Labute approximate surface area is 242 Å². The molecule has 3 aromatic carbocycles. The number of carboxylic acid groups (broad SMARTS) is 1. The van der Waals surface area contributed by atoms with Crippen LogP contribution in [0.5, 0.6) is 0 Å². The standard InChI is InChI=1S/C31H31N5O6/c1-18(2)25(33-28(38)23-15-9-13-21-12-7-8-14-22(21)23)24-17-31(42-36-24,16-20-10-5-4-6-11-20)30(41)34-26(19(3)35-32)27(37)29(39)40/h4-15,17-18,25-26,36H,16H2,1-3H3,(H,33,38)(H,34,41)(H,39,40)/t25-,26-,31?/m0/s1. The quantitative estimate of drug-likeness (QED) is 0.119. The van der Waals surface area contributed by atoms with E-state index in [1.165, 1.54) is 13.0 Å². The number of carboxylic acids is 1. The SMILES string of the molecule is CC(=[N+]=[N-])[C@H](NC(=O)C1(Cc2ccccc2)C=C([C@@H](NC(=O)c2cccc3ccccc23)C(C)C)NO1)C(=O)C(=O)O. The maximum absolute atomic E-state index is 13.8. The van der Waals surface area contributed by atoms with Gasteiger partial charge in [-0.1, -0.05) is 80.6 Å². The van der Waals surface area contributed by atoms with Gasteiger partial charge in [0.1, 0.15) is 0 Å². The molecule has 0 saturated carbocycles. The van der Waals surface area contributed by atoms with Gasteiger partial charge in [-0.25, -0.2) is 4.79 Å². The first-order valence-electron chi connectivity index (χ1n) is 13.3. The van der Waals surface area contributed by atoms with Gasteiger partial charge >= 0.3 is 5.97 Å². The van der Waals surface area contributed by atoms with Gasteiger partial charge in [-0.05, 0) is 34.4 Å². The van der Waals surface area contributed by atoms with Crippen molar-refractivity contribution < 1.29 is 33.9 Å². The number of Topliss-reactive ketones (excluding diaryl/α,β-unsaturated/α-hetero) is 1. The molecule has 0 fully saturated rings. The number of aliphatic carboxylic acids is 1. The van der Waals surface area contributed by atoms with E-state index in [1.54, 1.807) is 36.4 Å². The molecule has 0 aliphatic carbocycles. The van der Waals surface area contributed by atoms with E-state index in [2.05, 4.69) is 20.9 Å². The van der Waals surface area contributed by atoms with Crippen LogP contribution in [0.1, 0.15) is 36.7 Å². The molecule has 4 rings (SSSR count). The molecule has 42 heavy (non-hydrogen) atoms. The zero-order valence-corrected chi connectivity index (χ0v) is 23.3. The van der Waals surface area contributed by atoms with Gasteiger partial charge in [0.25, 0.3) is 23.3 Å². The summed E-state index contributed by atoms with van der Waals surface area (Å²) in [6.07, 6.45) is 1.53. The third-order valence-electron chi connectivity index (χ3n) is 7.08. The van der Waals surface area contributed by atoms with E-state index in [1.807, 2.05) is 50.2 Å². The highest BCUT2D eigenvalue weighted by atomic mass is 16.7. The van der Waals surface area contributed by atoms with E-state index >= 15 is 0 Å². The fourth-order valence-corrected chi connectivity index (χ4v) is 4.83. The minimum absolute atomic E-state index is 0.00154. The highest BCUT2D eigenvalue weighted by molar-refractivity contribution is 6.40. The normalized spacial score (nSPS) is 17.4. The van der Waals surface area contributed by atoms with Crippen LogP contribution in [0.15, 0.2) is 84.6 Å². The van der Waals surface area contributed by atoms with Crippen molar-refractivity contribution in [2.24, 2.45) is 5.92 Å². The molecule has 216 valence electrons. The number of rotatable bonds is 11. The van der Waals surface area contributed by atoms with E-state index in [0.29, 0.717) is 16.8 Å². The molecular formula is C31H31N5O6. The van der Waals surface area contributed by atoms with Gasteiger partial charge in [0.2, 0.25) is 0 Å². The van der Waals surface area contributed by atoms with Gasteiger partial charge < -0.3 is 21.3 Å². The second kappa shape index (κ2) is 12.6. The Hall–Kier alpha value is -5.12. The van der Waals surface area contributed by atoms with Crippen molar-refractivity contribution in [2.45, 2.75) is 44.9 Å². The molecule has 1 aliphatic rings. The largest absolute Gasteiger partial charge is 0.475 e. The van der Waals surface area contributed by atoms with Crippen LogP contribution in [0.2, 0.25) is 0 Å². The second-order valence-corrected chi connectivity index (χ2v) is 10.4. The van der Waals surface area contributed by atoms with Crippen LogP contribution in [0.3, 0.4) is 0 Å². The van der Waals surface area contributed by atoms with Gasteiger partial charge in [0.15, 0.2) is 11.6 Å². The fraction of sp³-hybridized carbons (Fsp3) is 0.258. The molecule has 0 spiro atoms. The number of ketones is 1. The van der Waals surface area contributed by atoms with E-state index in [0.717, 1.165) is 10.8 Å². The van der Waals surface area contributed by atoms with Gasteiger partial charge in [-0.3, -0.25) is 24.7 Å². The Balaban J connectivity index is 1.70. The van der Waals surface area contributed by atoms with Crippen molar-refractivity contribution in [3.05, 3.63) is 101 Å². The topological polar surface area (TPSA) is 170 Å². The molecule has 2 amide bonds. The number of amides is 2. The van der Waals surface area contributed by atoms with E-state index in [4.69, 9.17) is 4.84 Å². The van der Waals surface area contributed by atoms with E-state index in [9.17, 15) is 29.8 Å². The van der Waals surface area contributed by atoms with E-state index in [-0.39, 0.29) is 24.0 Å². The molecule has 0 radical (unpaired) electrons. The second-order valence-electron chi connectivity index (χ2n) is 10.4. The molecule has 3 aromatic rings. The number of carbonyl (C=O) groups excluding carboxylic acids is 3. The van der Waals surface area contributed by atoms with Crippen LogP contribution in [-0.2, 0) is 25.6 Å². The lowest BCUT2D eigenvalue weighted by Crippen LogP contribution is -2.56. The number of nitrogens with one attached hydrogen (secondary N) is 3. The summed E-state index contributed by atoms with van der Waals surface area (Å²) in [4.78, 5) is 59.8. The van der Waals surface area contributed by atoms with Crippen molar-refractivity contribution in [1.29, 1.82) is 0 Å². The van der Waals surface area contributed by atoms with Crippen LogP contribution in [0.25, 0.3) is 16.3 Å². The number of hydrogen-bond acceptors (Lipinski definition) is 6. The van der Waals surface area contributed by atoms with Crippen LogP contribution in [0.4, 0.5) is 0 Å². The van der Waals surface area contributed by atoms with Crippen molar-refractivity contribution >= 4 is 40.1 Å². The highest BCUT2D eigenvalue weighted by Gasteiger charge is 2.47. The van der Waals surface area contributed by atoms with Crippen LogP contribution in [0, 0.1) is 5.92 Å². The molecule has 11 heteroatoms. The Kier molecular flexibility index (Phi) is 8.95. The lowest BCUT2D eigenvalue weighted by molar-refractivity contribution is -0.152. The first-order valence-corrected chi connectivity index (χ1v) is 13.3. The maximum atomic E-state index is 13.8. The van der Waals surface area contributed by atoms with Gasteiger partial charge in [-0.15, -0.1) is 0 Å². The Morgan fingerprint density at radius 3 is 2.31 bits per heavy atom. The summed E-state index contributed by atoms with van der Waals surface area (Å²) >= 11 is 0. The highest BCUT2D eigenvalue weighted by Crippen LogP contribution is 2.29. The Morgan fingerprint density at radius 1 is 0.976 bits per heavy atom. The lowest BCUT2D eigenvalue weighted by Gasteiger charge is -2.26. The molecule has 11 nitrogen and oxygen atoms in total. The summed E-state index contributed by atoms with van der Waals surface area (Å²) in [5, 5.41) is 16.4. The Bertz CT molecular complexity index is 1610. The number of benzene rings is 3. The van der Waals surface area contributed by atoms with Gasteiger partial charge in [0, 0.05) is 18.9 Å². The summed E-state index contributed by atoms with van der Waals surface area (Å²) in [7, 11) is 0. The minimum Gasteiger partial charge on any atom is -0.475 e. The number of carbonyl (C=O) groups is 4. The van der Waals surface area contributed by atoms with Crippen LogP contribution >= 0.6 is 0 Å². The first kappa shape index (κ1) is 29.9. The number of nitrogens with zero attached hydrogens (tertiary/aromatic N) is 2. The zero-order valence-electron chi connectivity index (χ0n) is 23.3. The number of hydrogen-bond donors (Lipinski definition) is 4. The molecule has 0 saturated heterocycles. The lowest BCUT2D eigenvalue weighted by atomic mass is 9.89. The van der Waals surface area contributed by atoms with Gasteiger partial charge in [-0.2, -0.15) is 4.79 Å². The molecule has 1 unspecified atom stereocenters. The summed E-state index contributed by atoms with van der Waals surface area (Å²) in [5.74, 6) is -4.50. The molecule has 0 aromatic heterocycles. The number of hydroxylamine groups is 1. The molecule has 3 atom stereocenters. The average Bonchev–Trinajstić information content (AvgIpc) is 3.42. The summed E-state index contributed by atoms with van der Waals surface area (Å²) in [5.41, 5.74) is 11.6. The Morgan fingerprint density at radius 2 is 1.64 bits per heavy atom. The number of fused-ring (bicyclic) bond motifs is 1. The molecular weight excluding hydrogens is 538 g/mol. The molecule has 4 N–H and O–H groups in total. The molecule has 1 aliphatic heterocycles. The first-order chi connectivity index (χ1) is 20.1. The van der Waals surface area contributed by atoms with Crippen molar-refractivity contribution in [2.75, 3.05) is 0 Å². The minimum atomic E-state index is -1.81. The zero-order chi connectivity index (χ0) is 30.4. The average molecular weight is 570 g/mol. The fourth-order valence-electron chi connectivity index (χ4n) is 4.83. The summed E-state index contributed by atoms with van der Waals surface area (Å²) in [6.45, 7) is 5.01. The predicted octanol–water partition coefficient (Wildman–Crippen LogP) is 2.82. The monoisotopic (exact) mass is 569 g/mol. The summed E-state index contributed by atoms with van der Waals surface area (Å²) in [6, 6.07) is 19.6. The van der Waals surface area contributed by atoms with E-state index < -0.39 is 35.3 Å². The maximum Gasteiger partial charge on any atom is 0.375 e. The third kappa shape index (κ3) is 6.27. The van der Waals surface area contributed by atoms with Crippen LogP contribution < -0.4 is 16.1 Å². The molecule has 0 bridgehead atoms. The van der Waals surface area contributed by atoms with Crippen LogP contribution in [-0.4, -0.2) is 56.9 Å². The van der Waals surface area contributed by atoms with Crippen molar-refractivity contribution in [3.8, 4) is 0 Å². The van der Waals surface area contributed by atoms with Crippen molar-refractivity contribution in [3.63, 3.8) is 0 Å². The summed E-state index contributed by atoms with van der Waals surface area (Å²) < 4.78 is 0. The third-order valence-corrected chi connectivity index (χ3v) is 7.08. The van der Waals surface area contributed by atoms with Gasteiger partial charge in [0.05, 0.1) is 11.7 Å².